The van der Waals surface area contributed by atoms with Crippen molar-refractivity contribution in [3.63, 3.8) is 0 Å². The lowest BCUT2D eigenvalue weighted by Gasteiger charge is -2.16. The Kier molecular flexibility index (Phi) is 4.58. The van der Waals surface area contributed by atoms with Crippen molar-refractivity contribution in [1.82, 2.24) is 4.90 Å². The van der Waals surface area contributed by atoms with Gasteiger partial charge in [0.2, 0.25) is 5.91 Å². The summed E-state index contributed by atoms with van der Waals surface area (Å²) in [6.45, 7) is 1.73. The van der Waals surface area contributed by atoms with Crippen LogP contribution in [0.25, 0.3) is 11.1 Å². The summed E-state index contributed by atoms with van der Waals surface area (Å²) in [5.74, 6) is 0.517. The number of aliphatic hydroxyl groups excluding tert-OH is 1. The highest BCUT2D eigenvalue weighted by Crippen LogP contribution is 2.37. The number of aliphatic hydroxyl groups is 1. The standard InChI is InChI=1S/C22H25NO2/c24-15-17-10-11-23(14-17)22(25)7-3-4-16-8-9-19-13-18-5-1-2-6-20(18)21(19)12-16/h1-2,5-6,8-9,12,17,24H,3-4,7,10-11,13-15H2. The molecule has 2 aromatic rings. The average Bonchev–Trinajstić information content (AvgIpc) is 3.26. The van der Waals surface area contributed by atoms with Crippen molar-refractivity contribution >= 4 is 5.91 Å². The predicted molar refractivity (Wildman–Crippen MR) is 99.4 cm³/mol. The third-order valence-corrected chi connectivity index (χ3v) is 5.62. The molecular formula is C22H25NO2. The summed E-state index contributed by atoms with van der Waals surface area (Å²) < 4.78 is 0. The molecule has 3 heteroatoms. The van der Waals surface area contributed by atoms with Crippen LogP contribution >= 0.6 is 0 Å². The number of likely N-dealkylation sites (tertiary alicyclic amines) is 1. The summed E-state index contributed by atoms with van der Waals surface area (Å²) >= 11 is 0. The lowest BCUT2D eigenvalue weighted by atomic mass is 10.00. The van der Waals surface area contributed by atoms with E-state index in [-0.39, 0.29) is 18.4 Å². The molecule has 1 N–H and O–H groups in total. The first-order valence-corrected chi connectivity index (χ1v) is 9.33. The molecule has 1 saturated heterocycles. The fourth-order valence-electron chi connectivity index (χ4n) is 4.14. The van der Waals surface area contributed by atoms with Gasteiger partial charge in [0.15, 0.2) is 0 Å². The Morgan fingerprint density at radius 1 is 1.12 bits per heavy atom. The molecular weight excluding hydrogens is 310 g/mol. The second-order valence-corrected chi connectivity index (χ2v) is 7.36. The molecule has 1 atom stereocenters. The van der Waals surface area contributed by atoms with Crippen LogP contribution in [0.4, 0.5) is 0 Å². The summed E-state index contributed by atoms with van der Waals surface area (Å²) in [7, 11) is 0. The Balaban J connectivity index is 1.35. The van der Waals surface area contributed by atoms with Gasteiger partial charge in [0.05, 0.1) is 0 Å². The number of nitrogens with zero attached hydrogens (tertiary/aromatic N) is 1. The number of hydrogen-bond acceptors (Lipinski definition) is 2. The fraction of sp³-hybridized carbons (Fsp3) is 0.409. The van der Waals surface area contributed by atoms with Gasteiger partial charge in [-0.15, -0.1) is 0 Å². The maximum Gasteiger partial charge on any atom is 0.222 e. The van der Waals surface area contributed by atoms with E-state index in [1.165, 1.54) is 27.8 Å². The molecule has 25 heavy (non-hydrogen) atoms. The Morgan fingerprint density at radius 2 is 1.96 bits per heavy atom. The Bertz CT molecular complexity index is 783. The van der Waals surface area contributed by atoms with Crippen molar-refractivity contribution in [2.24, 2.45) is 5.92 Å². The molecule has 0 radical (unpaired) electrons. The molecule has 1 unspecified atom stereocenters. The van der Waals surface area contributed by atoms with E-state index in [0.29, 0.717) is 6.42 Å². The molecule has 1 amide bonds. The van der Waals surface area contributed by atoms with Crippen LogP contribution in [-0.2, 0) is 17.6 Å². The molecule has 0 spiro atoms. The van der Waals surface area contributed by atoms with E-state index < -0.39 is 0 Å². The van der Waals surface area contributed by atoms with Crippen LogP contribution in [0.1, 0.15) is 36.0 Å². The zero-order chi connectivity index (χ0) is 17.2. The first-order valence-electron chi connectivity index (χ1n) is 9.33. The van der Waals surface area contributed by atoms with Crippen molar-refractivity contribution in [2.75, 3.05) is 19.7 Å². The first-order chi connectivity index (χ1) is 12.2. The second-order valence-electron chi connectivity index (χ2n) is 7.36. The van der Waals surface area contributed by atoms with Gasteiger partial charge in [-0.25, -0.2) is 0 Å². The molecule has 1 fully saturated rings. The minimum atomic E-state index is 0.195. The van der Waals surface area contributed by atoms with Crippen molar-refractivity contribution in [2.45, 2.75) is 32.1 Å². The molecule has 0 aromatic heterocycles. The van der Waals surface area contributed by atoms with Gasteiger partial charge in [0, 0.05) is 32.0 Å². The maximum atomic E-state index is 12.3. The predicted octanol–water partition coefficient (Wildman–Crippen LogP) is 3.42. The number of carbonyl (C=O) groups is 1. The highest BCUT2D eigenvalue weighted by Gasteiger charge is 2.25. The van der Waals surface area contributed by atoms with Gasteiger partial charge >= 0.3 is 0 Å². The molecule has 1 heterocycles. The zero-order valence-electron chi connectivity index (χ0n) is 14.6. The van der Waals surface area contributed by atoms with Crippen LogP contribution in [0.2, 0.25) is 0 Å². The monoisotopic (exact) mass is 335 g/mol. The zero-order valence-corrected chi connectivity index (χ0v) is 14.6. The first kappa shape index (κ1) is 16.3. The quantitative estimate of drug-likeness (QED) is 0.776. The summed E-state index contributed by atoms with van der Waals surface area (Å²) in [6, 6.07) is 15.4. The van der Waals surface area contributed by atoms with E-state index in [0.717, 1.165) is 38.8 Å². The minimum absolute atomic E-state index is 0.195. The number of amides is 1. The molecule has 1 aliphatic heterocycles. The van der Waals surface area contributed by atoms with Gasteiger partial charge in [0.1, 0.15) is 0 Å². The summed E-state index contributed by atoms with van der Waals surface area (Å²) in [5, 5.41) is 9.20. The number of hydrogen-bond donors (Lipinski definition) is 1. The van der Waals surface area contributed by atoms with Crippen LogP contribution in [0.5, 0.6) is 0 Å². The van der Waals surface area contributed by atoms with Crippen molar-refractivity contribution in [1.29, 1.82) is 0 Å². The summed E-state index contributed by atoms with van der Waals surface area (Å²) in [4.78, 5) is 14.2. The van der Waals surface area contributed by atoms with E-state index in [1.807, 2.05) is 4.90 Å². The van der Waals surface area contributed by atoms with Crippen LogP contribution in [0, 0.1) is 5.92 Å². The number of benzene rings is 2. The van der Waals surface area contributed by atoms with Gasteiger partial charge in [-0.05, 0) is 53.5 Å². The second kappa shape index (κ2) is 7.01. The van der Waals surface area contributed by atoms with Gasteiger partial charge in [-0.2, -0.15) is 0 Å². The third-order valence-electron chi connectivity index (χ3n) is 5.62. The van der Waals surface area contributed by atoms with Gasteiger partial charge in [0.25, 0.3) is 0 Å². The highest BCUT2D eigenvalue weighted by molar-refractivity contribution is 5.77. The van der Waals surface area contributed by atoms with E-state index >= 15 is 0 Å². The Morgan fingerprint density at radius 3 is 2.80 bits per heavy atom. The van der Waals surface area contributed by atoms with Gasteiger partial charge in [-0.1, -0.05) is 42.5 Å². The van der Waals surface area contributed by atoms with Crippen LogP contribution in [-0.4, -0.2) is 35.6 Å². The average molecular weight is 335 g/mol. The molecule has 2 aromatic carbocycles. The number of carbonyl (C=O) groups excluding carboxylic acids is 1. The largest absolute Gasteiger partial charge is 0.396 e. The van der Waals surface area contributed by atoms with Crippen molar-refractivity contribution in [3.8, 4) is 11.1 Å². The van der Waals surface area contributed by atoms with Crippen molar-refractivity contribution < 1.29 is 9.90 Å². The number of fused-ring (bicyclic) bond motifs is 3. The van der Waals surface area contributed by atoms with E-state index in [9.17, 15) is 9.90 Å². The third kappa shape index (κ3) is 3.34. The SMILES string of the molecule is O=C(CCCc1ccc2c(c1)-c1ccccc1C2)N1CCC(CO)C1. The molecule has 2 aliphatic rings. The molecule has 0 saturated carbocycles. The maximum absolute atomic E-state index is 12.3. The smallest absolute Gasteiger partial charge is 0.222 e. The molecule has 3 nitrogen and oxygen atoms in total. The van der Waals surface area contributed by atoms with Crippen LogP contribution in [0.3, 0.4) is 0 Å². The molecule has 0 bridgehead atoms. The normalized spacial score (nSPS) is 18.3. The Hall–Kier alpha value is -2.13. The van der Waals surface area contributed by atoms with Crippen molar-refractivity contribution in [3.05, 3.63) is 59.2 Å². The Labute approximate surface area is 149 Å². The summed E-state index contributed by atoms with van der Waals surface area (Å²) in [5.41, 5.74) is 6.87. The minimum Gasteiger partial charge on any atom is -0.396 e. The fourth-order valence-corrected chi connectivity index (χ4v) is 4.14. The van der Waals surface area contributed by atoms with E-state index in [4.69, 9.17) is 0 Å². The molecule has 130 valence electrons. The van der Waals surface area contributed by atoms with Crippen LogP contribution in [0.15, 0.2) is 42.5 Å². The van der Waals surface area contributed by atoms with E-state index in [1.54, 1.807) is 0 Å². The summed E-state index contributed by atoms with van der Waals surface area (Å²) in [6.07, 6.45) is 4.40. The lowest BCUT2D eigenvalue weighted by Crippen LogP contribution is -2.28. The highest BCUT2D eigenvalue weighted by atomic mass is 16.3. The number of aryl methyl sites for hydroxylation is 1. The number of rotatable bonds is 5. The van der Waals surface area contributed by atoms with E-state index in [2.05, 4.69) is 42.5 Å². The molecule has 1 aliphatic carbocycles. The van der Waals surface area contributed by atoms with Gasteiger partial charge < -0.3 is 10.0 Å². The lowest BCUT2D eigenvalue weighted by molar-refractivity contribution is -0.130. The van der Waals surface area contributed by atoms with Gasteiger partial charge in [-0.3, -0.25) is 4.79 Å². The molecule has 4 rings (SSSR count). The van der Waals surface area contributed by atoms with Crippen LogP contribution < -0.4 is 0 Å². The topological polar surface area (TPSA) is 40.5 Å².